The van der Waals surface area contributed by atoms with Gasteiger partial charge in [0.2, 0.25) is 10.0 Å². The lowest BCUT2D eigenvalue weighted by atomic mass is 10.2. The third-order valence-electron chi connectivity index (χ3n) is 3.62. The molecule has 2 rings (SSSR count). The summed E-state index contributed by atoms with van der Waals surface area (Å²) >= 11 is 11.8. The van der Waals surface area contributed by atoms with Gasteiger partial charge in [0.1, 0.15) is 4.90 Å². The molecule has 130 valence electrons. The molecule has 0 spiro atoms. The van der Waals surface area contributed by atoms with Crippen molar-refractivity contribution in [3.63, 3.8) is 0 Å². The molecule has 1 aromatic carbocycles. The predicted molar refractivity (Wildman–Crippen MR) is 92.7 cm³/mol. The van der Waals surface area contributed by atoms with Gasteiger partial charge >= 0.3 is 0 Å². The maximum atomic E-state index is 12.3. The zero-order valence-corrected chi connectivity index (χ0v) is 15.6. The van der Waals surface area contributed by atoms with E-state index >= 15 is 0 Å². The molecule has 0 amide bonds. The Labute approximate surface area is 148 Å². The molecule has 2 unspecified atom stereocenters. The van der Waals surface area contributed by atoms with E-state index in [1.54, 1.807) is 6.07 Å². The third-order valence-corrected chi connectivity index (χ3v) is 5.80. The highest BCUT2D eigenvalue weighted by Crippen LogP contribution is 2.24. The molecule has 23 heavy (non-hydrogen) atoms. The van der Waals surface area contributed by atoms with Gasteiger partial charge in [-0.2, -0.15) is 0 Å². The largest absolute Gasteiger partial charge is 0.373 e. The summed E-state index contributed by atoms with van der Waals surface area (Å²) in [7, 11) is -3.65. The molecular formula is C15H22Cl2N2O3S. The maximum absolute atomic E-state index is 12.3. The summed E-state index contributed by atoms with van der Waals surface area (Å²) in [5.74, 6) is 0. The lowest BCUT2D eigenvalue weighted by Crippen LogP contribution is -2.46. The van der Waals surface area contributed by atoms with Crippen LogP contribution in [0.2, 0.25) is 10.0 Å². The number of nitrogens with zero attached hydrogens (tertiary/aromatic N) is 1. The van der Waals surface area contributed by atoms with Crippen LogP contribution in [-0.2, 0) is 14.8 Å². The smallest absolute Gasteiger partial charge is 0.242 e. The first-order chi connectivity index (χ1) is 10.8. The van der Waals surface area contributed by atoms with Crippen LogP contribution in [0.25, 0.3) is 0 Å². The number of morpholine rings is 1. The summed E-state index contributed by atoms with van der Waals surface area (Å²) in [4.78, 5) is 2.31. The molecule has 5 nitrogen and oxygen atoms in total. The molecule has 2 atom stereocenters. The van der Waals surface area contributed by atoms with Crippen LogP contribution in [0.15, 0.2) is 23.1 Å². The average molecular weight is 381 g/mol. The topological polar surface area (TPSA) is 58.6 Å². The van der Waals surface area contributed by atoms with Crippen LogP contribution >= 0.6 is 23.2 Å². The van der Waals surface area contributed by atoms with E-state index < -0.39 is 10.0 Å². The van der Waals surface area contributed by atoms with Gasteiger partial charge in [-0.05, 0) is 45.0 Å². The van der Waals surface area contributed by atoms with E-state index in [-0.39, 0.29) is 22.1 Å². The molecular weight excluding hydrogens is 359 g/mol. The van der Waals surface area contributed by atoms with E-state index in [1.165, 1.54) is 12.1 Å². The molecule has 1 aliphatic rings. The number of halogens is 2. The van der Waals surface area contributed by atoms with Gasteiger partial charge in [0.15, 0.2) is 0 Å². The molecule has 1 N–H and O–H groups in total. The average Bonchev–Trinajstić information content (AvgIpc) is 2.45. The zero-order valence-electron chi connectivity index (χ0n) is 13.3. The Kier molecular flexibility index (Phi) is 6.71. The van der Waals surface area contributed by atoms with Crippen molar-refractivity contribution < 1.29 is 13.2 Å². The zero-order chi connectivity index (χ0) is 17.0. The van der Waals surface area contributed by atoms with Crippen molar-refractivity contribution in [1.82, 2.24) is 9.62 Å². The molecule has 8 heteroatoms. The van der Waals surface area contributed by atoms with Crippen LogP contribution in [0, 0.1) is 0 Å². The number of ether oxygens (including phenoxy) is 1. The van der Waals surface area contributed by atoms with Crippen LogP contribution in [0.5, 0.6) is 0 Å². The first-order valence-electron chi connectivity index (χ1n) is 7.60. The second kappa shape index (κ2) is 8.14. The number of hydrogen-bond donors (Lipinski definition) is 1. The lowest BCUT2D eigenvalue weighted by Gasteiger charge is -2.35. The van der Waals surface area contributed by atoms with Crippen LogP contribution < -0.4 is 4.72 Å². The predicted octanol–water partition coefficient (Wildman–Crippen LogP) is 2.77. The molecule has 1 fully saturated rings. The van der Waals surface area contributed by atoms with Crippen molar-refractivity contribution in [1.29, 1.82) is 0 Å². The highest BCUT2D eigenvalue weighted by Gasteiger charge is 2.22. The van der Waals surface area contributed by atoms with Gasteiger partial charge in [0, 0.05) is 24.7 Å². The summed E-state index contributed by atoms with van der Waals surface area (Å²) in [6, 6.07) is 4.40. The van der Waals surface area contributed by atoms with Crippen molar-refractivity contribution in [3.05, 3.63) is 28.2 Å². The normalized spacial score (nSPS) is 23.1. The molecule has 1 aliphatic heterocycles. The molecule has 0 bridgehead atoms. The Morgan fingerprint density at radius 1 is 1.26 bits per heavy atom. The Hall–Kier alpha value is -0.370. The van der Waals surface area contributed by atoms with Crippen molar-refractivity contribution in [2.24, 2.45) is 0 Å². The highest BCUT2D eigenvalue weighted by molar-refractivity contribution is 7.89. The second-order valence-electron chi connectivity index (χ2n) is 5.84. The van der Waals surface area contributed by atoms with Crippen LogP contribution in [-0.4, -0.2) is 51.7 Å². The minimum Gasteiger partial charge on any atom is -0.373 e. The van der Waals surface area contributed by atoms with Gasteiger partial charge < -0.3 is 4.74 Å². The third kappa shape index (κ3) is 5.59. The Balaban J connectivity index is 1.84. The molecule has 1 saturated heterocycles. The first kappa shape index (κ1) is 19.0. The van der Waals surface area contributed by atoms with E-state index in [0.717, 1.165) is 26.1 Å². The van der Waals surface area contributed by atoms with Gasteiger partial charge in [0.05, 0.1) is 17.2 Å². The molecule has 0 aromatic heterocycles. The minimum absolute atomic E-state index is 0.0142. The second-order valence-corrected chi connectivity index (χ2v) is 8.42. The number of sulfonamides is 1. The Morgan fingerprint density at radius 3 is 2.57 bits per heavy atom. The monoisotopic (exact) mass is 380 g/mol. The molecule has 0 saturated carbocycles. The van der Waals surface area contributed by atoms with Crippen LogP contribution in [0.1, 0.15) is 20.3 Å². The van der Waals surface area contributed by atoms with Crippen molar-refractivity contribution in [2.45, 2.75) is 37.4 Å². The van der Waals surface area contributed by atoms with Crippen molar-refractivity contribution >= 4 is 33.2 Å². The van der Waals surface area contributed by atoms with Crippen LogP contribution in [0.3, 0.4) is 0 Å². The molecule has 1 heterocycles. The number of hydrogen-bond acceptors (Lipinski definition) is 4. The van der Waals surface area contributed by atoms with Gasteiger partial charge in [-0.15, -0.1) is 0 Å². The van der Waals surface area contributed by atoms with Crippen molar-refractivity contribution in [3.8, 4) is 0 Å². The van der Waals surface area contributed by atoms with E-state index in [0.29, 0.717) is 11.6 Å². The molecule has 1 aromatic rings. The SMILES string of the molecule is CC1CN(CCCNS(=O)(=O)c2cc(Cl)ccc2Cl)CC(C)O1. The van der Waals surface area contributed by atoms with Gasteiger partial charge in [-0.1, -0.05) is 23.2 Å². The lowest BCUT2D eigenvalue weighted by molar-refractivity contribution is -0.0679. The van der Waals surface area contributed by atoms with Gasteiger partial charge in [-0.3, -0.25) is 4.90 Å². The molecule has 0 radical (unpaired) electrons. The summed E-state index contributed by atoms with van der Waals surface area (Å²) in [5.41, 5.74) is 0. The Morgan fingerprint density at radius 2 is 1.91 bits per heavy atom. The fourth-order valence-electron chi connectivity index (χ4n) is 2.74. The van der Waals surface area contributed by atoms with Gasteiger partial charge in [-0.25, -0.2) is 13.1 Å². The van der Waals surface area contributed by atoms with Crippen LogP contribution in [0.4, 0.5) is 0 Å². The fraction of sp³-hybridized carbons (Fsp3) is 0.600. The number of rotatable bonds is 6. The first-order valence-corrected chi connectivity index (χ1v) is 9.84. The quantitative estimate of drug-likeness (QED) is 0.770. The maximum Gasteiger partial charge on any atom is 0.242 e. The number of benzene rings is 1. The van der Waals surface area contributed by atoms with Gasteiger partial charge in [0.25, 0.3) is 0 Å². The van der Waals surface area contributed by atoms with E-state index in [2.05, 4.69) is 9.62 Å². The standard InChI is InChI=1S/C15H22Cl2N2O3S/c1-11-9-19(10-12(2)22-11)7-3-6-18-23(20,21)15-8-13(16)4-5-14(15)17/h4-5,8,11-12,18H,3,6-7,9-10H2,1-2H3. The summed E-state index contributed by atoms with van der Waals surface area (Å²) < 4.78 is 32.8. The van der Waals surface area contributed by atoms with E-state index in [1.807, 2.05) is 13.8 Å². The summed E-state index contributed by atoms with van der Waals surface area (Å²) in [6.07, 6.45) is 1.14. The summed E-state index contributed by atoms with van der Waals surface area (Å²) in [5, 5.41) is 0.504. The van der Waals surface area contributed by atoms with E-state index in [9.17, 15) is 8.42 Å². The fourth-order valence-corrected chi connectivity index (χ4v) is 4.57. The molecule has 0 aliphatic carbocycles. The minimum atomic E-state index is -3.65. The van der Waals surface area contributed by atoms with E-state index in [4.69, 9.17) is 27.9 Å². The summed E-state index contributed by atoms with van der Waals surface area (Å²) in [6.45, 7) is 7.02. The number of nitrogens with one attached hydrogen (secondary N) is 1. The highest BCUT2D eigenvalue weighted by atomic mass is 35.5. The Bertz CT molecular complexity index is 630. The van der Waals surface area contributed by atoms with Crippen molar-refractivity contribution in [2.75, 3.05) is 26.2 Å².